The van der Waals surface area contributed by atoms with E-state index >= 15 is 0 Å². The fourth-order valence-corrected chi connectivity index (χ4v) is 3.62. The van der Waals surface area contributed by atoms with Crippen molar-refractivity contribution in [2.75, 3.05) is 6.54 Å². The van der Waals surface area contributed by atoms with Crippen LogP contribution >= 0.6 is 0 Å². The summed E-state index contributed by atoms with van der Waals surface area (Å²) in [6.07, 6.45) is 1.68. The molecule has 1 fully saturated rings. The molecule has 5 nitrogen and oxygen atoms in total. The standard InChI is InChI=1S/C16H23F3N2O3/c17-16(18,19)8-5-9-21-13-7-4-2-1-3-6-11(13)10-12(15(21)23)14(22)20-24/h10-11,13,24H,1-9H2,(H,20,22). The summed E-state index contributed by atoms with van der Waals surface area (Å²) in [5, 5.41) is 8.81. The van der Waals surface area contributed by atoms with Crippen molar-refractivity contribution >= 4 is 11.8 Å². The van der Waals surface area contributed by atoms with Crippen LogP contribution in [0.1, 0.15) is 51.4 Å². The third-order valence-corrected chi connectivity index (χ3v) is 4.76. The molecule has 2 aliphatic rings. The summed E-state index contributed by atoms with van der Waals surface area (Å²) in [7, 11) is 0. The lowest BCUT2D eigenvalue weighted by Crippen LogP contribution is -2.51. The molecule has 2 atom stereocenters. The Hall–Kier alpha value is -1.57. The lowest BCUT2D eigenvalue weighted by atomic mass is 9.81. The number of halogens is 3. The summed E-state index contributed by atoms with van der Waals surface area (Å²) < 4.78 is 37.2. The van der Waals surface area contributed by atoms with E-state index < -0.39 is 24.4 Å². The van der Waals surface area contributed by atoms with Crippen molar-refractivity contribution < 1.29 is 28.0 Å². The molecule has 1 saturated carbocycles. The van der Waals surface area contributed by atoms with Gasteiger partial charge in [0, 0.05) is 19.0 Å². The molecule has 24 heavy (non-hydrogen) atoms. The molecule has 0 spiro atoms. The number of rotatable bonds is 4. The molecule has 0 aromatic carbocycles. The average Bonchev–Trinajstić information content (AvgIpc) is 2.49. The van der Waals surface area contributed by atoms with Gasteiger partial charge in [0.15, 0.2) is 0 Å². The molecule has 1 aliphatic carbocycles. The maximum absolute atomic E-state index is 12.5. The number of amides is 2. The summed E-state index contributed by atoms with van der Waals surface area (Å²) in [6, 6.07) is -0.165. The molecule has 2 amide bonds. The minimum atomic E-state index is -4.26. The minimum Gasteiger partial charge on any atom is -0.335 e. The molecule has 2 rings (SSSR count). The lowest BCUT2D eigenvalue weighted by Gasteiger charge is -2.41. The van der Waals surface area contributed by atoms with Crippen LogP contribution in [0.2, 0.25) is 0 Å². The first-order valence-corrected chi connectivity index (χ1v) is 8.37. The summed E-state index contributed by atoms with van der Waals surface area (Å²) in [5.74, 6) is -1.55. The van der Waals surface area contributed by atoms with Gasteiger partial charge < -0.3 is 4.90 Å². The largest absolute Gasteiger partial charge is 0.389 e. The topological polar surface area (TPSA) is 69.6 Å². The fourth-order valence-electron chi connectivity index (χ4n) is 3.62. The smallest absolute Gasteiger partial charge is 0.335 e. The van der Waals surface area contributed by atoms with Gasteiger partial charge in [0.1, 0.15) is 5.57 Å². The SMILES string of the molecule is O=C(NO)C1=CC2CCCCCCC2N(CCCC(F)(F)F)C1=O. The molecule has 0 radical (unpaired) electrons. The summed E-state index contributed by atoms with van der Waals surface area (Å²) in [4.78, 5) is 25.7. The van der Waals surface area contributed by atoms with Crippen LogP contribution in [0.25, 0.3) is 0 Å². The monoisotopic (exact) mass is 348 g/mol. The zero-order chi connectivity index (χ0) is 17.7. The number of fused-ring (bicyclic) bond motifs is 1. The van der Waals surface area contributed by atoms with E-state index in [2.05, 4.69) is 0 Å². The Balaban J connectivity index is 2.19. The maximum Gasteiger partial charge on any atom is 0.389 e. The molecule has 0 bridgehead atoms. The highest BCUT2D eigenvalue weighted by molar-refractivity contribution is 6.18. The van der Waals surface area contributed by atoms with Crippen LogP contribution in [-0.2, 0) is 9.59 Å². The Kier molecular flexibility index (Phi) is 6.26. The molecule has 1 aliphatic heterocycles. The first-order valence-electron chi connectivity index (χ1n) is 8.37. The van der Waals surface area contributed by atoms with Crippen LogP contribution in [0.15, 0.2) is 11.6 Å². The molecule has 1 heterocycles. The molecule has 0 aromatic rings. The Morgan fingerprint density at radius 1 is 1.25 bits per heavy atom. The Morgan fingerprint density at radius 2 is 1.92 bits per heavy atom. The quantitative estimate of drug-likeness (QED) is 0.466. The second kappa shape index (κ2) is 8.00. The van der Waals surface area contributed by atoms with Crippen molar-refractivity contribution in [3.8, 4) is 0 Å². The van der Waals surface area contributed by atoms with Crippen molar-refractivity contribution in [2.24, 2.45) is 5.92 Å². The summed E-state index contributed by atoms with van der Waals surface area (Å²) >= 11 is 0. The number of hydroxylamine groups is 1. The van der Waals surface area contributed by atoms with Gasteiger partial charge in [-0.05, 0) is 25.2 Å². The number of nitrogens with zero attached hydrogens (tertiary/aromatic N) is 1. The Bertz CT molecular complexity index is 505. The summed E-state index contributed by atoms with van der Waals surface area (Å²) in [5.41, 5.74) is 1.28. The van der Waals surface area contributed by atoms with Gasteiger partial charge in [0.25, 0.3) is 11.8 Å². The van der Waals surface area contributed by atoms with E-state index in [-0.39, 0.29) is 30.5 Å². The lowest BCUT2D eigenvalue weighted by molar-refractivity contribution is -0.143. The predicted octanol–water partition coefficient (Wildman–Crippen LogP) is 2.94. The Morgan fingerprint density at radius 3 is 2.54 bits per heavy atom. The van der Waals surface area contributed by atoms with Gasteiger partial charge >= 0.3 is 6.18 Å². The number of hydrogen-bond acceptors (Lipinski definition) is 3. The molecular formula is C16H23F3N2O3. The molecule has 136 valence electrons. The highest BCUT2D eigenvalue weighted by atomic mass is 19.4. The predicted molar refractivity (Wildman–Crippen MR) is 80.0 cm³/mol. The average molecular weight is 348 g/mol. The molecule has 0 saturated heterocycles. The van der Waals surface area contributed by atoms with E-state index in [4.69, 9.17) is 5.21 Å². The number of hydrogen-bond donors (Lipinski definition) is 2. The highest BCUT2D eigenvalue weighted by Gasteiger charge is 2.39. The van der Waals surface area contributed by atoms with Gasteiger partial charge in [-0.3, -0.25) is 14.8 Å². The molecule has 8 heteroatoms. The molecule has 0 aromatic heterocycles. The van der Waals surface area contributed by atoms with E-state index in [0.29, 0.717) is 0 Å². The number of carbonyl (C=O) groups excluding carboxylic acids is 2. The Labute approximate surface area is 138 Å². The summed E-state index contributed by atoms with van der Waals surface area (Å²) in [6.45, 7) is -0.0322. The van der Waals surface area contributed by atoms with Crippen molar-refractivity contribution in [3.63, 3.8) is 0 Å². The van der Waals surface area contributed by atoms with Crippen molar-refractivity contribution in [2.45, 2.75) is 63.6 Å². The highest BCUT2D eigenvalue weighted by Crippen LogP contribution is 2.33. The van der Waals surface area contributed by atoms with Gasteiger partial charge in [-0.15, -0.1) is 0 Å². The van der Waals surface area contributed by atoms with Crippen LogP contribution in [0.4, 0.5) is 13.2 Å². The van der Waals surface area contributed by atoms with E-state index in [1.165, 1.54) is 10.4 Å². The zero-order valence-corrected chi connectivity index (χ0v) is 13.4. The third kappa shape index (κ3) is 4.72. The first-order chi connectivity index (χ1) is 11.3. The van der Waals surface area contributed by atoms with Gasteiger partial charge in [0.05, 0.1) is 0 Å². The van der Waals surface area contributed by atoms with Crippen molar-refractivity contribution in [1.82, 2.24) is 10.4 Å². The van der Waals surface area contributed by atoms with Crippen LogP contribution < -0.4 is 5.48 Å². The van der Waals surface area contributed by atoms with Crippen molar-refractivity contribution in [1.29, 1.82) is 0 Å². The van der Waals surface area contributed by atoms with E-state index in [1.54, 1.807) is 6.08 Å². The van der Waals surface area contributed by atoms with Crippen LogP contribution in [0.5, 0.6) is 0 Å². The normalized spacial score (nSPS) is 25.4. The molecule has 2 unspecified atom stereocenters. The second-order valence-corrected chi connectivity index (χ2v) is 6.46. The van der Waals surface area contributed by atoms with Crippen LogP contribution in [0, 0.1) is 5.92 Å². The van der Waals surface area contributed by atoms with E-state index in [1.807, 2.05) is 0 Å². The zero-order valence-electron chi connectivity index (χ0n) is 13.4. The van der Waals surface area contributed by atoms with Crippen molar-refractivity contribution in [3.05, 3.63) is 11.6 Å². The number of alkyl halides is 3. The number of carbonyl (C=O) groups is 2. The minimum absolute atomic E-state index is 0.0322. The second-order valence-electron chi connectivity index (χ2n) is 6.46. The van der Waals surface area contributed by atoms with E-state index in [9.17, 15) is 22.8 Å². The molecular weight excluding hydrogens is 325 g/mol. The first kappa shape index (κ1) is 18.8. The fraction of sp³-hybridized carbons (Fsp3) is 0.750. The van der Waals surface area contributed by atoms with Crippen LogP contribution in [0.3, 0.4) is 0 Å². The maximum atomic E-state index is 12.5. The van der Waals surface area contributed by atoms with Gasteiger partial charge in [0.2, 0.25) is 0 Å². The molecule has 2 N–H and O–H groups in total. The van der Waals surface area contributed by atoms with Gasteiger partial charge in [-0.2, -0.15) is 13.2 Å². The number of nitrogens with one attached hydrogen (secondary N) is 1. The van der Waals surface area contributed by atoms with Gasteiger partial charge in [-0.25, -0.2) is 5.48 Å². The van der Waals surface area contributed by atoms with E-state index in [0.717, 1.165) is 38.5 Å². The third-order valence-electron chi connectivity index (χ3n) is 4.76. The van der Waals surface area contributed by atoms with Gasteiger partial charge in [-0.1, -0.05) is 31.8 Å². The van der Waals surface area contributed by atoms with Crippen LogP contribution in [-0.4, -0.2) is 40.7 Å².